The standard InChI is InChI=1S/C16H23IN2O4/c1-16(2,3)23-14(20)12(18)11(9-17)13(22-15(19)21)10-7-5-4-6-8-10/h4-8,11-13H,9,18H2,1-3H3,(H2,19,21)/t11-,12?,13?/m1/s1. The number of amides is 1. The van der Waals surface area contributed by atoms with Crippen LogP contribution in [-0.4, -0.2) is 28.1 Å². The SMILES string of the molecule is CC(C)(C)OC(=O)C(N)[C@@H](CI)C(OC(N)=O)c1ccccc1. The van der Waals surface area contributed by atoms with Gasteiger partial charge in [-0.3, -0.25) is 4.79 Å². The molecule has 0 aromatic heterocycles. The van der Waals surface area contributed by atoms with Crippen molar-refractivity contribution in [1.82, 2.24) is 0 Å². The minimum Gasteiger partial charge on any atom is -0.459 e. The van der Waals surface area contributed by atoms with E-state index in [2.05, 4.69) is 22.6 Å². The van der Waals surface area contributed by atoms with Gasteiger partial charge in [-0.1, -0.05) is 52.9 Å². The summed E-state index contributed by atoms with van der Waals surface area (Å²) in [5.41, 5.74) is 11.3. The Hall–Kier alpha value is -1.35. The largest absolute Gasteiger partial charge is 0.459 e. The molecule has 1 aromatic rings. The highest BCUT2D eigenvalue weighted by Gasteiger charge is 2.36. The third-order valence-electron chi connectivity index (χ3n) is 3.08. The maximum absolute atomic E-state index is 12.3. The average molecular weight is 434 g/mol. The first-order chi connectivity index (χ1) is 10.7. The number of hydrogen-bond donors (Lipinski definition) is 2. The van der Waals surface area contributed by atoms with Gasteiger partial charge in [-0.05, 0) is 26.3 Å². The maximum Gasteiger partial charge on any atom is 0.405 e. The van der Waals surface area contributed by atoms with Gasteiger partial charge in [0, 0.05) is 10.3 Å². The van der Waals surface area contributed by atoms with E-state index in [0.29, 0.717) is 4.43 Å². The molecule has 0 saturated heterocycles. The smallest absolute Gasteiger partial charge is 0.405 e. The second kappa shape index (κ2) is 8.49. The van der Waals surface area contributed by atoms with Gasteiger partial charge < -0.3 is 20.9 Å². The van der Waals surface area contributed by atoms with E-state index in [1.165, 1.54) is 0 Å². The van der Waals surface area contributed by atoms with Crippen LogP contribution in [0.25, 0.3) is 0 Å². The molecule has 128 valence electrons. The number of ether oxygens (including phenoxy) is 2. The van der Waals surface area contributed by atoms with E-state index >= 15 is 0 Å². The lowest BCUT2D eigenvalue weighted by Crippen LogP contribution is -2.46. The zero-order chi connectivity index (χ0) is 17.6. The van der Waals surface area contributed by atoms with E-state index in [4.69, 9.17) is 20.9 Å². The van der Waals surface area contributed by atoms with E-state index < -0.39 is 35.7 Å². The molecule has 1 rings (SSSR count). The van der Waals surface area contributed by atoms with Crippen molar-refractivity contribution in [3.05, 3.63) is 35.9 Å². The highest BCUT2D eigenvalue weighted by atomic mass is 127. The van der Waals surface area contributed by atoms with Crippen molar-refractivity contribution in [3.8, 4) is 0 Å². The fourth-order valence-electron chi connectivity index (χ4n) is 2.08. The third-order valence-corrected chi connectivity index (χ3v) is 4.10. The molecule has 2 unspecified atom stereocenters. The van der Waals surface area contributed by atoms with Crippen LogP contribution in [0.4, 0.5) is 4.79 Å². The lowest BCUT2D eigenvalue weighted by atomic mass is 9.91. The van der Waals surface area contributed by atoms with Gasteiger partial charge in [0.15, 0.2) is 0 Å². The minimum absolute atomic E-state index is 0.458. The molecular weight excluding hydrogens is 411 g/mol. The van der Waals surface area contributed by atoms with E-state index in [0.717, 1.165) is 5.56 Å². The summed E-state index contributed by atoms with van der Waals surface area (Å²) in [7, 11) is 0. The molecule has 6 nitrogen and oxygen atoms in total. The van der Waals surface area contributed by atoms with E-state index in [-0.39, 0.29) is 0 Å². The maximum atomic E-state index is 12.3. The van der Waals surface area contributed by atoms with E-state index in [1.54, 1.807) is 32.9 Å². The van der Waals surface area contributed by atoms with Crippen molar-refractivity contribution in [2.24, 2.45) is 17.4 Å². The summed E-state index contributed by atoms with van der Waals surface area (Å²) in [6.07, 6.45) is -1.63. The van der Waals surface area contributed by atoms with Crippen LogP contribution in [0, 0.1) is 5.92 Å². The molecular formula is C16H23IN2O4. The van der Waals surface area contributed by atoms with Crippen molar-refractivity contribution >= 4 is 34.7 Å². The second-order valence-electron chi connectivity index (χ2n) is 6.15. The number of primary amides is 1. The van der Waals surface area contributed by atoms with Crippen molar-refractivity contribution in [2.45, 2.75) is 38.5 Å². The zero-order valence-electron chi connectivity index (χ0n) is 13.5. The van der Waals surface area contributed by atoms with Gasteiger partial charge in [-0.25, -0.2) is 4.79 Å². The molecule has 0 saturated carbocycles. The van der Waals surface area contributed by atoms with Crippen molar-refractivity contribution in [3.63, 3.8) is 0 Å². The summed E-state index contributed by atoms with van der Waals surface area (Å²) in [6, 6.07) is 8.14. The Labute approximate surface area is 150 Å². The summed E-state index contributed by atoms with van der Waals surface area (Å²) >= 11 is 2.10. The number of carbonyl (C=O) groups excluding carboxylic acids is 2. The van der Waals surface area contributed by atoms with E-state index in [1.807, 2.05) is 18.2 Å². The molecule has 1 amide bonds. The summed E-state index contributed by atoms with van der Waals surface area (Å²) in [5.74, 6) is -0.992. The summed E-state index contributed by atoms with van der Waals surface area (Å²) in [5, 5.41) is 0. The van der Waals surface area contributed by atoms with Gasteiger partial charge in [-0.2, -0.15) is 0 Å². The molecule has 0 aliphatic rings. The van der Waals surface area contributed by atoms with Crippen molar-refractivity contribution in [1.29, 1.82) is 0 Å². The Balaban J connectivity index is 3.05. The fraction of sp³-hybridized carbons (Fsp3) is 0.500. The van der Waals surface area contributed by atoms with Gasteiger partial charge in [0.05, 0.1) is 0 Å². The van der Waals surface area contributed by atoms with Crippen LogP contribution in [-0.2, 0) is 14.3 Å². The third kappa shape index (κ3) is 6.34. The number of rotatable bonds is 6. The van der Waals surface area contributed by atoms with Gasteiger partial charge in [0.2, 0.25) is 0 Å². The summed E-state index contributed by atoms with van der Waals surface area (Å²) < 4.78 is 11.1. The predicted octanol–water partition coefficient (Wildman–Crippen LogP) is 2.54. The number of esters is 1. The van der Waals surface area contributed by atoms with Crippen molar-refractivity contribution in [2.75, 3.05) is 4.43 Å². The van der Waals surface area contributed by atoms with Crippen LogP contribution in [0.1, 0.15) is 32.4 Å². The van der Waals surface area contributed by atoms with Crippen LogP contribution in [0.2, 0.25) is 0 Å². The molecule has 0 aliphatic heterocycles. The topological polar surface area (TPSA) is 105 Å². The molecule has 0 fully saturated rings. The Morgan fingerprint density at radius 1 is 1.22 bits per heavy atom. The fourth-order valence-corrected chi connectivity index (χ4v) is 3.09. The number of carbonyl (C=O) groups is 2. The van der Waals surface area contributed by atoms with Crippen LogP contribution >= 0.6 is 22.6 Å². The molecule has 4 N–H and O–H groups in total. The van der Waals surface area contributed by atoms with Crippen LogP contribution in [0.3, 0.4) is 0 Å². The lowest BCUT2D eigenvalue weighted by molar-refractivity contribution is -0.158. The minimum atomic E-state index is -0.935. The lowest BCUT2D eigenvalue weighted by Gasteiger charge is -2.30. The van der Waals surface area contributed by atoms with Gasteiger partial charge in [0.25, 0.3) is 0 Å². The molecule has 0 radical (unpaired) electrons. The number of nitrogens with two attached hydrogens (primary N) is 2. The number of benzene rings is 1. The van der Waals surface area contributed by atoms with Crippen molar-refractivity contribution < 1.29 is 19.1 Å². The Morgan fingerprint density at radius 2 is 1.78 bits per heavy atom. The average Bonchev–Trinajstić information content (AvgIpc) is 2.45. The van der Waals surface area contributed by atoms with Crippen LogP contribution in [0.15, 0.2) is 30.3 Å². The highest BCUT2D eigenvalue weighted by molar-refractivity contribution is 14.1. The highest BCUT2D eigenvalue weighted by Crippen LogP contribution is 2.30. The number of hydrogen-bond acceptors (Lipinski definition) is 5. The number of alkyl halides is 1. The number of halogens is 1. The first-order valence-electron chi connectivity index (χ1n) is 7.21. The Kier molecular flexibility index (Phi) is 7.27. The van der Waals surface area contributed by atoms with Gasteiger partial charge in [0.1, 0.15) is 17.7 Å². The Morgan fingerprint density at radius 3 is 2.22 bits per heavy atom. The van der Waals surface area contributed by atoms with E-state index in [9.17, 15) is 9.59 Å². The van der Waals surface area contributed by atoms with Gasteiger partial charge in [-0.15, -0.1) is 0 Å². The zero-order valence-corrected chi connectivity index (χ0v) is 15.6. The predicted molar refractivity (Wildman–Crippen MR) is 96.0 cm³/mol. The molecule has 0 heterocycles. The molecule has 0 spiro atoms. The monoisotopic (exact) mass is 434 g/mol. The molecule has 23 heavy (non-hydrogen) atoms. The first-order valence-corrected chi connectivity index (χ1v) is 8.73. The molecule has 3 atom stereocenters. The molecule has 1 aromatic carbocycles. The van der Waals surface area contributed by atoms with Gasteiger partial charge >= 0.3 is 12.1 Å². The Bertz CT molecular complexity index is 531. The molecule has 0 aliphatic carbocycles. The summed E-state index contributed by atoms with van der Waals surface area (Å²) in [4.78, 5) is 23.5. The first kappa shape index (κ1) is 19.7. The van der Waals surface area contributed by atoms with Crippen LogP contribution < -0.4 is 11.5 Å². The molecule has 0 bridgehead atoms. The van der Waals surface area contributed by atoms with Crippen LogP contribution in [0.5, 0.6) is 0 Å². The quantitative estimate of drug-likeness (QED) is 0.407. The molecule has 7 heteroatoms. The second-order valence-corrected chi connectivity index (χ2v) is 7.03. The summed E-state index contributed by atoms with van der Waals surface area (Å²) in [6.45, 7) is 5.31. The normalized spacial score (nSPS) is 15.3.